The predicted molar refractivity (Wildman–Crippen MR) is 80.7 cm³/mol. The van der Waals surface area contributed by atoms with Crippen molar-refractivity contribution in [2.75, 3.05) is 0 Å². The van der Waals surface area contributed by atoms with Crippen molar-refractivity contribution in [2.24, 2.45) is 10.8 Å². The van der Waals surface area contributed by atoms with Crippen LogP contribution in [-0.2, 0) is 9.47 Å². The molecule has 2 heteroatoms. The van der Waals surface area contributed by atoms with Gasteiger partial charge in [0.25, 0.3) is 0 Å². The first-order chi connectivity index (χ1) is 8.35. The van der Waals surface area contributed by atoms with Crippen LogP contribution in [0.25, 0.3) is 0 Å². The van der Waals surface area contributed by atoms with Gasteiger partial charge in [-0.25, -0.2) is 0 Å². The summed E-state index contributed by atoms with van der Waals surface area (Å²) in [6, 6.07) is 0. The highest BCUT2D eigenvalue weighted by Gasteiger charge is 2.64. The first-order valence-electron chi connectivity index (χ1n) is 6.71. The van der Waals surface area contributed by atoms with E-state index in [1.54, 1.807) is 0 Å². The molecule has 1 aliphatic rings. The molecular weight excluding hydrogens is 236 g/mol. The first kappa shape index (κ1) is 15.9. The summed E-state index contributed by atoms with van der Waals surface area (Å²) in [7, 11) is 0. The molecule has 1 unspecified atom stereocenters. The second kappa shape index (κ2) is 4.16. The molecule has 0 spiro atoms. The van der Waals surface area contributed by atoms with Crippen LogP contribution in [0.4, 0.5) is 0 Å². The van der Waals surface area contributed by atoms with E-state index in [1.165, 1.54) is 6.26 Å². The number of allylic oxidation sites excluding steroid dienone is 1. The molecule has 0 bridgehead atoms. The normalized spacial score (nSPS) is 29.6. The third kappa shape index (κ3) is 1.84. The van der Waals surface area contributed by atoms with E-state index in [4.69, 9.17) is 9.47 Å². The van der Waals surface area contributed by atoms with Crippen molar-refractivity contribution in [1.82, 2.24) is 0 Å². The molecule has 0 N–H and O–H groups in total. The lowest BCUT2D eigenvalue weighted by Gasteiger charge is -2.62. The van der Waals surface area contributed by atoms with E-state index >= 15 is 0 Å². The van der Waals surface area contributed by atoms with Crippen LogP contribution in [0.3, 0.4) is 0 Å². The number of hydrogen-bond donors (Lipinski definition) is 0. The highest BCUT2D eigenvalue weighted by molar-refractivity contribution is 5.35. The second-order valence-electron chi connectivity index (χ2n) is 7.08. The van der Waals surface area contributed by atoms with Gasteiger partial charge in [0, 0.05) is 10.8 Å². The van der Waals surface area contributed by atoms with Gasteiger partial charge in [0.1, 0.15) is 11.4 Å². The molecule has 0 aromatic heterocycles. The van der Waals surface area contributed by atoms with Crippen LogP contribution in [0.15, 0.2) is 37.3 Å². The van der Waals surface area contributed by atoms with E-state index in [9.17, 15) is 0 Å². The van der Waals surface area contributed by atoms with Gasteiger partial charge in [-0.3, -0.25) is 0 Å². The molecule has 0 saturated carbocycles. The van der Waals surface area contributed by atoms with Crippen molar-refractivity contribution in [3.8, 4) is 0 Å². The van der Waals surface area contributed by atoms with Crippen LogP contribution < -0.4 is 0 Å². The maximum atomic E-state index is 6.19. The molecule has 0 aromatic carbocycles. The maximum Gasteiger partial charge on any atom is 0.151 e. The van der Waals surface area contributed by atoms with Crippen LogP contribution in [-0.4, -0.2) is 11.2 Å². The molecule has 1 fully saturated rings. The molecule has 0 radical (unpaired) electrons. The Hall–Kier alpha value is -1.18. The van der Waals surface area contributed by atoms with Crippen LogP contribution in [0, 0.1) is 10.8 Å². The van der Waals surface area contributed by atoms with E-state index in [-0.39, 0.29) is 10.8 Å². The number of hydrogen-bond acceptors (Lipinski definition) is 2. The smallest absolute Gasteiger partial charge is 0.151 e. The Morgan fingerprint density at radius 1 is 1.11 bits per heavy atom. The van der Waals surface area contributed by atoms with Gasteiger partial charge in [0.15, 0.2) is 5.60 Å². The molecule has 1 atom stereocenters. The van der Waals surface area contributed by atoms with Gasteiger partial charge in [-0.1, -0.05) is 47.4 Å². The fourth-order valence-electron chi connectivity index (χ4n) is 2.95. The van der Waals surface area contributed by atoms with E-state index < -0.39 is 11.2 Å². The highest BCUT2D eigenvalue weighted by atomic mass is 16.6. The fourth-order valence-corrected chi connectivity index (χ4v) is 2.95. The Balaban J connectivity index is 3.46. The molecule has 19 heavy (non-hydrogen) atoms. The van der Waals surface area contributed by atoms with Gasteiger partial charge in [-0.2, -0.15) is 0 Å². The zero-order chi connectivity index (χ0) is 15.3. The van der Waals surface area contributed by atoms with Crippen molar-refractivity contribution in [1.29, 1.82) is 0 Å². The molecule has 2 nitrogen and oxygen atoms in total. The van der Waals surface area contributed by atoms with Gasteiger partial charge in [0.05, 0.1) is 6.26 Å². The molecule has 0 aromatic rings. The largest absolute Gasteiger partial charge is 0.492 e. The van der Waals surface area contributed by atoms with Gasteiger partial charge in [-0.05, 0) is 26.3 Å². The monoisotopic (exact) mass is 264 g/mol. The molecule has 1 aliphatic heterocycles. The van der Waals surface area contributed by atoms with Crippen molar-refractivity contribution in [3.05, 3.63) is 37.3 Å². The summed E-state index contributed by atoms with van der Waals surface area (Å²) in [5, 5.41) is 0. The van der Waals surface area contributed by atoms with E-state index in [0.29, 0.717) is 5.76 Å². The third-order valence-corrected chi connectivity index (χ3v) is 5.70. The van der Waals surface area contributed by atoms with Crippen molar-refractivity contribution < 1.29 is 9.47 Å². The SMILES string of the molecule is C=COC(C)(C)C1(C)OC(=C)C(=C)C(C)(C)C1(C)C. The summed E-state index contributed by atoms with van der Waals surface area (Å²) in [5.41, 5.74) is -0.455. The molecule has 1 heterocycles. The average Bonchev–Trinajstić information content (AvgIpc) is 2.25. The Labute approximate surface area is 118 Å². The average molecular weight is 264 g/mol. The minimum Gasteiger partial charge on any atom is -0.492 e. The minimum absolute atomic E-state index is 0.140. The van der Waals surface area contributed by atoms with Crippen LogP contribution in [0.1, 0.15) is 48.5 Å². The Morgan fingerprint density at radius 3 is 2.00 bits per heavy atom. The molecule has 0 aliphatic carbocycles. The maximum absolute atomic E-state index is 6.19. The first-order valence-corrected chi connectivity index (χ1v) is 6.71. The molecule has 0 amide bonds. The quantitative estimate of drug-likeness (QED) is 0.679. The lowest BCUT2D eigenvalue weighted by atomic mass is 9.51. The van der Waals surface area contributed by atoms with E-state index in [2.05, 4.69) is 54.4 Å². The van der Waals surface area contributed by atoms with Gasteiger partial charge >= 0.3 is 0 Å². The molecular formula is C17H28O2. The fraction of sp³-hybridized carbons (Fsp3) is 0.647. The van der Waals surface area contributed by atoms with Crippen LogP contribution in [0.2, 0.25) is 0 Å². The van der Waals surface area contributed by atoms with Gasteiger partial charge < -0.3 is 9.47 Å². The zero-order valence-electron chi connectivity index (χ0n) is 13.5. The summed E-state index contributed by atoms with van der Waals surface area (Å²) in [4.78, 5) is 0. The lowest BCUT2D eigenvalue weighted by Crippen LogP contribution is -2.66. The zero-order valence-corrected chi connectivity index (χ0v) is 13.5. The summed E-state index contributed by atoms with van der Waals surface area (Å²) in [5.74, 6) is 0.646. The summed E-state index contributed by atoms with van der Waals surface area (Å²) >= 11 is 0. The second-order valence-corrected chi connectivity index (χ2v) is 7.08. The van der Waals surface area contributed by atoms with E-state index in [1.807, 2.05) is 13.8 Å². The summed E-state index contributed by atoms with van der Waals surface area (Å²) in [6.45, 7) is 26.7. The Morgan fingerprint density at radius 2 is 1.58 bits per heavy atom. The standard InChI is InChI=1S/C17H28O2/c1-11-18-16(8,9)17(10)15(6,7)14(4,5)12(2)13(3)19-17/h11H,1-3H2,4-10H3. The highest BCUT2D eigenvalue weighted by Crippen LogP contribution is 2.61. The molecule has 1 saturated heterocycles. The topological polar surface area (TPSA) is 18.5 Å². The number of ether oxygens (including phenoxy) is 2. The summed E-state index contributed by atoms with van der Waals surface area (Å²) in [6.07, 6.45) is 1.48. The Kier molecular flexibility index (Phi) is 3.47. The third-order valence-electron chi connectivity index (χ3n) is 5.70. The van der Waals surface area contributed by atoms with Crippen LogP contribution >= 0.6 is 0 Å². The summed E-state index contributed by atoms with van der Waals surface area (Å²) < 4.78 is 11.9. The van der Waals surface area contributed by atoms with Gasteiger partial charge in [-0.15, -0.1) is 0 Å². The minimum atomic E-state index is -0.546. The predicted octanol–water partition coefficient (Wildman–Crippen LogP) is 4.84. The Bertz CT molecular complexity index is 427. The van der Waals surface area contributed by atoms with Crippen molar-refractivity contribution >= 4 is 0 Å². The van der Waals surface area contributed by atoms with E-state index in [0.717, 1.165) is 5.57 Å². The van der Waals surface area contributed by atoms with Crippen LogP contribution in [0.5, 0.6) is 0 Å². The van der Waals surface area contributed by atoms with Crippen molar-refractivity contribution in [2.45, 2.75) is 59.7 Å². The van der Waals surface area contributed by atoms with Crippen molar-refractivity contribution in [3.63, 3.8) is 0 Å². The van der Waals surface area contributed by atoms with Gasteiger partial charge in [0.2, 0.25) is 0 Å². The number of rotatable bonds is 3. The molecule has 1 rings (SSSR count). The molecule has 108 valence electrons. The lowest BCUT2D eigenvalue weighted by molar-refractivity contribution is -0.233.